The highest BCUT2D eigenvalue weighted by atomic mass is 16.5. The second-order valence-electron chi connectivity index (χ2n) is 7.42. The third-order valence-corrected chi connectivity index (χ3v) is 5.38. The van der Waals surface area contributed by atoms with E-state index in [4.69, 9.17) is 14.2 Å². The molecule has 1 fully saturated rings. The number of anilines is 2. The van der Waals surface area contributed by atoms with Crippen LogP contribution in [0.1, 0.15) is 12.0 Å². The minimum atomic E-state index is -0.0314. The first-order valence-electron chi connectivity index (χ1n) is 10.2. The van der Waals surface area contributed by atoms with Gasteiger partial charge in [-0.3, -0.25) is 4.79 Å². The number of hydrogen-bond donors (Lipinski definition) is 1. The van der Waals surface area contributed by atoms with Crippen molar-refractivity contribution in [3.63, 3.8) is 0 Å². The van der Waals surface area contributed by atoms with Crippen LogP contribution in [0.15, 0.2) is 36.4 Å². The molecule has 7 nitrogen and oxygen atoms in total. The lowest BCUT2D eigenvalue weighted by Crippen LogP contribution is -2.44. The highest BCUT2D eigenvalue weighted by molar-refractivity contribution is 5.91. The summed E-state index contributed by atoms with van der Waals surface area (Å²) in [5.41, 5.74) is 2.95. The van der Waals surface area contributed by atoms with Crippen molar-refractivity contribution in [2.45, 2.75) is 12.8 Å². The van der Waals surface area contributed by atoms with Gasteiger partial charge in [0.15, 0.2) is 11.5 Å². The fraction of sp³-hybridized carbons (Fsp3) is 0.435. The van der Waals surface area contributed by atoms with E-state index in [0.717, 1.165) is 37.4 Å². The number of benzene rings is 2. The maximum atomic E-state index is 12.4. The molecule has 0 bridgehead atoms. The number of carbonyl (C=O) groups is 1. The summed E-state index contributed by atoms with van der Waals surface area (Å²) in [7, 11) is 6.88. The summed E-state index contributed by atoms with van der Waals surface area (Å²) in [5.74, 6) is 1.70. The van der Waals surface area contributed by atoms with Crippen LogP contribution < -0.4 is 24.4 Å². The number of ether oxygens (including phenoxy) is 3. The van der Waals surface area contributed by atoms with Crippen molar-refractivity contribution in [1.82, 2.24) is 4.90 Å². The Bertz CT molecular complexity index is 821. The molecule has 0 unspecified atom stereocenters. The summed E-state index contributed by atoms with van der Waals surface area (Å²) >= 11 is 0. The Kier molecular flexibility index (Phi) is 7.41. The molecule has 0 radical (unpaired) electrons. The van der Waals surface area contributed by atoms with E-state index in [1.54, 1.807) is 21.3 Å². The van der Waals surface area contributed by atoms with Crippen LogP contribution in [0.25, 0.3) is 0 Å². The standard InChI is InChI=1S/C23H31N3O4/c1-25-11-13-26(14-12-25)19-8-6-18(7-9-19)24-22(27)10-5-17-15-20(28-2)23(30-4)21(16-17)29-3/h6-9,15-16H,5,10-14H2,1-4H3,(H,24,27). The Hall–Kier alpha value is -2.93. The van der Waals surface area contributed by atoms with E-state index in [1.807, 2.05) is 24.3 Å². The van der Waals surface area contributed by atoms with Gasteiger partial charge in [-0.1, -0.05) is 0 Å². The van der Waals surface area contributed by atoms with Crippen LogP contribution in [0.5, 0.6) is 17.2 Å². The lowest BCUT2D eigenvalue weighted by molar-refractivity contribution is -0.116. The Morgan fingerprint density at radius 3 is 2.07 bits per heavy atom. The van der Waals surface area contributed by atoms with Gasteiger partial charge in [-0.25, -0.2) is 0 Å². The zero-order valence-corrected chi connectivity index (χ0v) is 18.2. The molecule has 2 aromatic carbocycles. The monoisotopic (exact) mass is 413 g/mol. The quantitative estimate of drug-likeness (QED) is 0.718. The Morgan fingerprint density at radius 1 is 0.933 bits per heavy atom. The maximum absolute atomic E-state index is 12.4. The Labute approximate surface area is 178 Å². The molecule has 7 heteroatoms. The second kappa shape index (κ2) is 10.2. The van der Waals surface area contributed by atoms with Crippen molar-refractivity contribution in [3.05, 3.63) is 42.0 Å². The highest BCUT2D eigenvalue weighted by Gasteiger charge is 2.15. The minimum absolute atomic E-state index is 0.0314. The topological polar surface area (TPSA) is 63.3 Å². The third-order valence-electron chi connectivity index (χ3n) is 5.38. The van der Waals surface area contributed by atoms with Gasteiger partial charge in [-0.15, -0.1) is 0 Å². The molecule has 1 aliphatic heterocycles. The largest absolute Gasteiger partial charge is 0.493 e. The maximum Gasteiger partial charge on any atom is 0.224 e. The number of nitrogens with zero attached hydrogens (tertiary/aromatic N) is 2. The number of amides is 1. The molecule has 0 aromatic heterocycles. The SMILES string of the molecule is COc1cc(CCC(=O)Nc2ccc(N3CCN(C)CC3)cc2)cc(OC)c1OC. The molecule has 162 valence electrons. The van der Waals surface area contributed by atoms with E-state index < -0.39 is 0 Å². The molecule has 0 atom stereocenters. The molecule has 0 spiro atoms. The van der Waals surface area contributed by atoms with Gasteiger partial charge in [0.25, 0.3) is 0 Å². The van der Waals surface area contributed by atoms with Crippen LogP contribution in [0.2, 0.25) is 0 Å². The van der Waals surface area contributed by atoms with Crippen LogP contribution in [0, 0.1) is 0 Å². The molecule has 1 saturated heterocycles. The van der Waals surface area contributed by atoms with Gasteiger partial charge in [0.05, 0.1) is 21.3 Å². The second-order valence-corrected chi connectivity index (χ2v) is 7.42. The van der Waals surface area contributed by atoms with E-state index in [0.29, 0.717) is 30.1 Å². The van der Waals surface area contributed by atoms with Gasteiger partial charge in [0, 0.05) is 44.0 Å². The van der Waals surface area contributed by atoms with Crippen molar-refractivity contribution in [3.8, 4) is 17.2 Å². The first kappa shape index (κ1) is 21.8. The van der Waals surface area contributed by atoms with Crippen molar-refractivity contribution >= 4 is 17.3 Å². The van der Waals surface area contributed by atoms with Gasteiger partial charge >= 0.3 is 0 Å². The summed E-state index contributed by atoms with van der Waals surface area (Å²) in [6.45, 7) is 4.19. The Morgan fingerprint density at radius 2 is 1.53 bits per heavy atom. The normalized spacial score (nSPS) is 14.3. The predicted octanol–water partition coefficient (Wildman–Crippen LogP) is 3.04. The summed E-state index contributed by atoms with van der Waals surface area (Å²) in [4.78, 5) is 17.1. The molecule has 1 N–H and O–H groups in total. The van der Waals surface area contributed by atoms with Crippen LogP contribution in [0.3, 0.4) is 0 Å². The number of likely N-dealkylation sites (N-methyl/N-ethyl adjacent to an activating group) is 1. The van der Waals surface area contributed by atoms with Crippen molar-refractivity contribution < 1.29 is 19.0 Å². The first-order valence-corrected chi connectivity index (χ1v) is 10.2. The number of carbonyl (C=O) groups excluding carboxylic acids is 1. The summed E-state index contributed by atoms with van der Waals surface area (Å²) < 4.78 is 16.1. The van der Waals surface area contributed by atoms with Gasteiger partial charge in [-0.05, 0) is 55.4 Å². The van der Waals surface area contributed by atoms with Gasteiger partial charge in [0.2, 0.25) is 11.7 Å². The fourth-order valence-electron chi connectivity index (χ4n) is 3.58. The van der Waals surface area contributed by atoms with E-state index >= 15 is 0 Å². The van der Waals surface area contributed by atoms with E-state index in [-0.39, 0.29) is 5.91 Å². The molecule has 2 aromatic rings. The van der Waals surface area contributed by atoms with Crippen molar-refractivity contribution in [2.75, 3.05) is 64.8 Å². The van der Waals surface area contributed by atoms with E-state index in [9.17, 15) is 4.79 Å². The molecular formula is C23H31N3O4. The summed E-state index contributed by atoms with van der Waals surface area (Å²) in [6, 6.07) is 11.8. The van der Waals surface area contributed by atoms with Crippen LogP contribution in [-0.2, 0) is 11.2 Å². The molecule has 0 saturated carbocycles. The highest BCUT2D eigenvalue weighted by Crippen LogP contribution is 2.38. The van der Waals surface area contributed by atoms with Gasteiger partial charge in [0.1, 0.15) is 0 Å². The fourth-order valence-corrected chi connectivity index (χ4v) is 3.58. The molecule has 3 rings (SSSR count). The molecule has 30 heavy (non-hydrogen) atoms. The zero-order valence-electron chi connectivity index (χ0n) is 18.2. The average molecular weight is 414 g/mol. The molecule has 1 aliphatic rings. The average Bonchev–Trinajstić information content (AvgIpc) is 2.78. The van der Waals surface area contributed by atoms with Gasteiger partial charge < -0.3 is 29.3 Å². The number of aryl methyl sites for hydroxylation is 1. The van der Waals surface area contributed by atoms with E-state index in [2.05, 4.69) is 34.3 Å². The lowest BCUT2D eigenvalue weighted by Gasteiger charge is -2.34. The minimum Gasteiger partial charge on any atom is -0.493 e. The number of nitrogens with one attached hydrogen (secondary N) is 1. The molecule has 1 heterocycles. The van der Waals surface area contributed by atoms with Crippen LogP contribution >= 0.6 is 0 Å². The molecule has 1 amide bonds. The first-order chi connectivity index (χ1) is 14.5. The number of piperazine rings is 1. The third kappa shape index (κ3) is 5.36. The van der Waals surface area contributed by atoms with Crippen LogP contribution in [0.4, 0.5) is 11.4 Å². The molecule has 0 aliphatic carbocycles. The van der Waals surface area contributed by atoms with E-state index in [1.165, 1.54) is 5.69 Å². The number of hydrogen-bond acceptors (Lipinski definition) is 6. The molecular weight excluding hydrogens is 382 g/mol. The number of rotatable bonds is 8. The van der Waals surface area contributed by atoms with Crippen LogP contribution in [-0.4, -0.2) is 65.4 Å². The van der Waals surface area contributed by atoms with Crippen molar-refractivity contribution in [1.29, 1.82) is 0 Å². The van der Waals surface area contributed by atoms with Gasteiger partial charge in [-0.2, -0.15) is 0 Å². The zero-order chi connectivity index (χ0) is 21.5. The summed E-state index contributed by atoms with van der Waals surface area (Å²) in [5, 5.41) is 2.98. The van der Waals surface area contributed by atoms with Crippen molar-refractivity contribution in [2.24, 2.45) is 0 Å². The predicted molar refractivity (Wildman–Crippen MR) is 119 cm³/mol. The number of methoxy groups -OCH3 is 3. The lowest BCUT2D eigenvalue weighted by atomic mass is 10.1. The Balaban J connectivity index is 1.56. The summed E-state index contributed by atoms with van der Waals surface area (Å²) in [6.07, 6.45) is 0.931. The smallest absolute Gasteiger partial charge is 0.224 e.